The second-order valence-corrected chi connectivity index (χ2v) is 29.3. The van der Waals surface area contributed by atoms with Crippen molar-refractivity contribution in [1.82, 2.24) is 0 Å². The summed E-state index contributed by atoms with van der Waals surface area (Å²) in [6, 6.07) is 0. The molecule has 5 unspecified atom stereocenters. The molecule has 0 radical (unpaired) electrons. The average Bonchev–Trinajstić information content (AvgIpc) is 1.85. The van der Waals surface area contributed by atoms with Crippen molar-refractivity contribution in [3.63, 3.8) is 0 Å². The van der Waals surface area contributed by atoms with Gasteiger partial charge in [0.15, 0.2) is 5.23 Å². The highest BCUT2D eigenvalue weighted by atomic mass is 33.3. The average molecular weight is 304 g/mol. The molecular formula is CH8FOP7S. The third-order valence-electron chi connectivity index (χ3n) is 0.607. The van der Waals surface area contributed by atoms with Gasteiger partial charge in [0.05, 0.1) is 6.50 Å². The van der Waals surface area contributed by atoms with Gasteiger partial charge >= 0.3 is 0 Å². The smallest absolute Gasteiger partial charge is 0.192 e. The molecule has 0 aliphatic heterocycles. The van der Waals surface area contributed by atoms with E-state index in [4.69, 9.17) is 0 Å². The number of hydrogen-bond donors (Lipinski definition) is 0. The normalized spacial score (nSPS) is 14.2. The molecule has 0 saturated heterocycles. The first-order valence-corrected chi connectivity index (χ1v) is 15.8. The molecule has 0 spiro atoms. The molecule has 0 N–H and O–H groups in total. The van der Waals surface area contributed by atoms with Gasteiger partial charge in [-0.3, -0.25) is 0 Å². The lowest BCUT2D eigenvalue weighted by Gasteiger charge is -2.20. The minimum atomic E-state index is -1.64. The molecule has 0 rings (SSSR count). The highest BCUT2D eigenvalue weighted by molar-refractivity contribution is 9.16. The summed E-state index contributed by atoms with van der Waals surface area (Å²) in [5, 5.41) is 1.45. The van der Waals surface area contributed by atoms with Crippen molar-refractivity contribution in [2.75, 3.05) is 0 Å². The van der Waals surface area contributed by atoms with Crippen LogP contribution in [0, 0.1) is 0 Å². The summed E-state index contributed by atoms with van der Waals surface area (Å²) in [5.41, 5.74) is 0. The monoisotopic (exact) mass is 304 g/mol. The summed E-state index contributed by atoms with van der Waals surface area (Å²) >= 11 is 0. The molecule has 0 aromatic heterocycles. The summed E-state index contributed by atoms with van der Waals surface area (Å²) < 4.78 is 12.9. The van der Waals surface area contributed by atoms with E-state index in [1.165, 1.54) is 5.23 Å². The second kappa shape index (κ2) is 7.20. The Morgan fingerprint density at radius 2 is 1.55 bits per heavy atom. The standard InChI is InChI=1S/CH8FOP7S/c2-11(1-3)10(8(4)5)9(6)7/h4-7H2. The van der Waals surface area contributed by atoms with Gasteiger partial charge in [0.2, 0.25) is 0 Å². The zero-order valence-corrected chi connectivity index (χ0v) is 13.5. The molecule has 0 heterocycles. The summed E-state index contributed by atoms with van der Waals surface area (Å²) in [6.45, 7) is -1.80. The van der Waals surface area contributed by atoms with Gasteiger partial charge in [0, 0.05) is 0 Å². The molecule has 0 aliphatic carbocycles. The molecule has 1 nitrogen and oxygen atoms in total. The van der Waals surface area contributed by atoms with Crippen molar-refractivity contribution in [2.24, 2.45) is 0 Å². The van der Waals surface area contributed by atoms with E-state index in [2.05, 4.69) is 35.7 Å². The van der Waals surface area contributed by atoms with Gasteiger partial charge in [-0.05, 0) is 14.0 Å². The van der Waals surface area contributed by atoms with Crippen LogP contribution in [-0.4, -0.2) is 5.23 Å². The lowest BCUT2D eigenvalue weighted by atomic mass is 11.9. The van der Waals surface area contributed by atoms with Gasteiger partial charge in [0.1, 0.15) is 10.5 Å². The maximum Gasteiger partial charge on any atom is 0.192 e. The van der Waals surface area contributed by atoms with Gasteiger partial charge in [-0.25, -0.2) is 4.79 Å². The van der Waals surface area contributed by atoms with E-state index in [9.17, 15) is 8.68 Å². The molecule has 0 saturated carbocycles. The topological polar surface area (TPSA) is 17.1 Å². The highest BCUT2D eigenvalue weighted by Gasteiger charge is 2.22. The van der Waals surface area contributed by atoms with Crippen LogP contribution < -0.4 is 0 Å². The Balaban J connectivity index is 4.48. The van der Waals surface area contributed by atoms with Crippen molar-refractivity contribution in [3.8, 4) is 0 Å². The largest absolute Gasteiger partial charge is 0.224 e. The fraction of sp³-hybridized carbons (Fsp3) is 0. The fourth-order valence-electron chi connectivity index (χ4n) is 0.318. The van der Waals surface area contributed by atoms with Crippen molar-refractivity contribution in [2.45, 2.75) is 0 Å². The third kappa shape index (κ3) is 5.34. The third-order valence-corrected chi connectivity index (χ3v) is 36.3. The number of halogens is 1. The van der Waals surface area contributed by atoms with Crippen LogP contribution in [0.15, 0.2) is 0 Å². The van der Waals surface area contributed by atoms with Crippen molar-refractivity contribution in [3.05, 3.63) is 0 Å². The SMILES string of the molecule is O=C=S(F)P(P(P)P)P(P)P. The Kier molecular flexibility index (Phi) is 9.08. The lowest BCUT2D eigenvalue weighted by molar-refractivity contribution is 0.571. The molecule has 66 valence electrons. The Labute approximate surface area is 80.6 Å². The van der Waals surface area contributed by atoms with Crippen LogP contribution in [0.25, 0.3) is 0 Å². The Bertz CT molecular complexity index is 167. The van der Waals surface area contributed by atoms with Gasteiger partial charge in [-0.2, -0.15) is 3.89 Å². The summed E-state index contributed by atoms with van der Waals surface area (Å²) in [4.78, 5) is 10.1. The van der Waals surface area contributed by atoms with E-state index in [1.807, 2.05) is 0 Å². The highest BCUT2D eigenvalue weighted by Crippen LogP contribution is 3.03. The molecule has 10 heteroatoms. The van der Waals surface area contributed by atoms with E-state index in [-0.39, 0.29) is 0 Å². The molecule has 0 bridgehead atoms. The predicted molar refractivity (Wildman–Crippen MR) is 74.0 cm³/mol. The van der Waals surface area contributed by atoms with E-state index < -0.39 is 31.0 Å². The summed E-state index contributed by atoms with van der Waals surface area (Å²) in [6.07, 6.45) is 0. The predicted octanol–water partition coefficient (Wildman–Crippen LogP) is 4.56. The van der Waals surface area contributed by atoms with Crippen LogP contribution in [0.1, 0.15) is 0 Å². The second-order valence-electron chi connectivity index (χ2n) is 1.33. The van der Waals surface area contributed by atoms with Crippen LogP contribution in [0.2, 0.25) is 0 Å². The molecule has 0 aliphatic rings. The molecule has 0 amide bonds. The van der Waals surface area contributed by atoms with Crippen LogP contribution in [0.5, 0.6) is 0 Å². The Morgan fingerprint density at radius 1 is 1.18 bits per heavy atom. The Hall–Kier alpha value is 2.87. The zero-order chi connectivity index (χ0) is 9.02. The first-order chi connectivity index (χ1) is 5.00. The molecule has 11 heavy (non-hydrogen) atoms. The summed E-state index contributed by atoms with van der Waals surface area (Å²) in [7, 11) is 8.65. The minimum absolute atomic E-state index is 0.488. The van der Waals surface area contributed by atoms with Gasteiger partial charge in [0.25, 0.3) is 0 Å². The maximum atomic E-state index is 12.9. The summed E-state index contributed by atoms with van der Waals surface area (Å²) in [5.74, 6) is 0. The van der Waals surface area contributed by atoms with Crippen LogP contribution in [0.3, 0.4) is 0 Å². The molecular weight excluding hydrogens is 296 g/mol. The van der Waals surface area contributed by atoms with E-state index in [0.29, 0.717) is 0 Å². The maximum absolute atomic E-state index is 12.9. The molecule has 0 fully saturated rings. The molecule has 0 aromatic rings. The van der Waals surface area contributed by atoms with Gasteiger partial charge < -0.3 is 0 Å². The van der Waals surface area contributed by atoms with Crippen LogP contribution in [-0.2, 0) is 4.79 Å². The number of hydrogen-bond acceptors (Lipinski definition) is 1. The van der Waals surface area contributed by atoms with E-state index >= 15 is 0 Å². The number of carbonyl (C=O) groups excluding carboxylic acids is 1. The van der Waals surface area contributed by atoms with Gasteiger partial charge in [-0.15, -0.1) is 35.7 Å². The van der Waals surface area contributed by atoms with Crippen molar-refractivity contribution in [1.29, 1.82) is 0 Å². The quantitative estimate of drug-likeness (QED) is 0.552. The molecule has 0 aromatic carbocycles. The first kappa shape index (κ1) is 13.9. The van der Waals surface area contributed by atoms with Crippen LogP contribution >= 0.6 is 66.7 Å². The van der Waals surface area contributed by atoms with Crippen molar-refractivity contribution < 1.29 is 8.68 Å². The zero-order valence-electron chi connectivity index (χ0n) is 5.35. The van der Waals surface area contributed by atoms with Crippen molar-refractivity contribution >= 4 is 71.9 Å². The lowest BCUT2D eigenvalue weighted by Crippen LogP contribution is -1.48. The van der Waals surface area contributed by atoms with E-state index in [1.54, 1.807) is 0 Å². The Morgan fingerprint density at radius 3 is 1.64 bits per heavy atom. The van der Waals surface area contributed by atoms with E-state index in [0.717, 1.165) is 0 Å². The minimum Gasteiger partial charge on any atom is -0.224 e. The first-order valence-electron chi connectivity index (χ1n) is 2.18. The fourth-order valence-corrected chi connectivity index (χ4v) is 43.3. The molecule has 5 atom stereocenters. The van der Waals surface area contributed by atoms with Crippen LogP contribution in [0.4, 0.5) is 3.89 Å². The number of rotatable bonds is 3. The van der Waals surface area contributed by atoms with Gasteiger partial charge in [-0.1, -0.05) is 0 Å².